The van der Waals surface area contributed by atoms with Crippen molar-refractivity contribution in [3.05, 3.63) is 71.8 Å². The molecule has 0 amide bonds. The van der Waals surface area contributed by atoms with Gasteiger partial charge in [-0.25, -0.2) is 0 Å². The van der Waals surface area contributed by atoms with E-state index in [-0.39, 0.29) is 0 Å². The lowest BCUT2D eigenvalue weighted by molar-refractivity contribution is 0.0215. The van der Waals surface area contributed by atoms with E-state index in [0.717, 1.165) is 22.8 Å². The van der Waals surface area contributed by atoms with Gasteiger partial charge in [0.05, 0.1) is 22.8 Å². The Bertz CT molecular complexity index is 666. The normalized spacial score (nSPS) is 11.6. The predicted molar refractivity (Wildman–Crippen MR) is 79.1 cm³/mol. The lowest BCUT2D eigenvalue weighted by Gasteiger charge is -2.21. The van der Waals surface area contributed by atoms with E-state index in [2.05, 4.69) is 40.8 Å². The molecule has 0 radical (unpaired) electrons. The molecule has 0 aliphatic rings. The third-order valence-corrected chi connectivity index (χ3v) is 3.49. The minimum atomic E-state index is -0.392. The summed E-state index contributed by atoms with van der Waals surface area (Å²) < 4.78 is 6.34. The van der Waals surface area contributed by atoms with Crippen molar-refractivity contribution in [2.45, 2.75) is 12.2 Å². The van der Waals surface area contributed by atoms with Gasteiger partial charge in [0, 0.05) is 24.8 Å². The first-order valence-electron chi connectivity index (χ1n) is 7.04. The maximum atomic E-state index is 6.34. The second-order valence-corrected chi connectivity index (χ2v) is 4.94. The molecule has 4 aromatic heterocycles. The third-order valence-electron chi connectivity index (χ3n) is 3.49. The number of nitrogens with zero attached hydrogens (tertiary/aromatic N) is 4. The molecule has 9 nitrogen and oxygen atoms in total. The van der Waals surface area contributed by atoms with Gasteiger partial charge in [0.25, 0.3) is 0 Å². The smallest absolute Gasteiger partial charge is 0.142 e. The molecule has 0 aromatic carbocycles. The van der Waals surface area contributed by atoms with Gasteiger partial charge in [-0.05, 0) is 24.3 Å². The first kappa shape index (κ1) is 13.5. The summed E-state index contributed by atoms with van der Waals surface area (Å²) in [6.45, 7) is 0. The van der Waals surface area contributed by atoms with Crippen LogP contribution in [0.5, 0.6) is 0 Å². The quantitative estimate of drug-likeness (QED) is 0.429. The van der Waals surface area contributed by atoms with Gasteiger partial charge in [-0.2, -0.15) is 20.4 Å². The summed E-state index contributed by atoms with van der Waals surface area (Å²) in [5.74, 6) is 0. The van der Waals surface area contributed by atoms with Gasteiger partial charge < -0.3 is 4.74 Å². The fourth-order valence-corrected chi connectivity index (χ4v) is 2.42. The van der Waals surface area contributed by atoms with Crippen LogP contribution in [-0.2, 0) is 4.74 Å². The number of hydrogen-bond acceptors (Lipinski definition) is 5. The van der Waals surface area contributed by atoms with Crippen LogP contribution in [0.25, 0.3) is 0 Å². The number of ether oxygens (including phenoxy) is 1. The lowest BCUT2D eigenvalue weighted by Crippen LogP contribution is -2.15. The van der Waals surface area contributed by atoms with Gasteiger partial charge in [0.15, 0.2) is 0 Å². The number of H-pyrrole nitrogens is 4. The molecule has 0 bridgehead atoms. The van der Waals surface area contributed by atoms with Crippen LogP contribution in [0.2, 0.25) is 0 Å². The Morgan fingerprint density at radius 1 is 0.565 bits per heavy atom. The van der Waals surface area contributed by atoms with E-state index < -0.39 is 12.2 Å². The van der Waals surface area contributed by atoms with Crippen molar-refractivity contribution in [3.8, 4) is 0 Å². The second-order valence-electron chi connectivity index (χ2n) is 4.94. The fourth-order valence-electron chi connectivity index (χ4n) is 2.42. The third kappa shape index (κ3) is 2.64. The summed E-state index contributed by atoms with van der Waals surface area (Å²) >= 11 is 0. The molecule has 0 fully saturated rings. The Kier molecular flexibility index (Phi) is 3.45. The maximum absolute atomic E-state index is 6.34. The molecule has 4 rings (SSSR count). The van der Waals surface area contributed by atoms with E-state index in [1.54, 1.807) is 24.8 Å². The monoisotopic (exact) mass is 310 g/mol. The average Bonchev–Trinajstić information content (AvgIpc) is 3.35. The van der Waals surface area contributed by atoms with Crippen molar-refractivity contribution < 1.29 is 4.74 Å². The Morgan fingerprint density at radius 2 is 0.870 bits per heavy atom. The minimum absolute atomic E-state index is 0.392. The van der Waals surface area contributed by atoms with Gasteiger partial charge in [0.2, 0.25) is 0 Å². The fraction of sp³-hybridized carbons (Fsp3) is 0.143. The zero-order valence-electron chi connectivity index (χ0n) is 12.0. The summed E-state index contributed by atoms with van der Waals surface area (Å²) in [5.41, 5.74) is 3.27. The number of aromatic nitrogens is 8. The van der Waals surface area contributed by atoms with Gasteiger partial charge in [-0.1, -0.05) is 0 Å². The molecule has 0 atom stereocenters. The number of rotatable bonds is 6. The van der Waals surface area contributed by atoms with E-state index in [1.807, 2.05) is 24.3 Å². The molecule has 9 heteroatoms. The van der Waals surface area contributed by atoms with Crippen LogP contribution >= 0.6 is 0 Å². The van der Waals surface area contributed by atoms with E-state index in [1.165, 1.54) is 0 Å². The largest absolute Gasteiger partial charge is 0.350 e. The van der Waals surface area contributed by atoms with E-state index in [9.17, 15) is 0 Å². The Morgan fingerprint density at radius 3 is 1.09 bits per heavy atom. The molecular weight excluding hydrogens is 296 g/mol. The van der Waals surface area contributed by atoms with E-state index in [0.29, 0.717) is 0 Å². The summed E-state index contributed by atoms with van der Waals surface area (Å²) in [5, 5.41) is 27.8. The number of aromatic amines is 4. The summed E-state index contributed by atoms with van der Waals surface area (Å²) in [7, 11) is 0. The van der Waals surface area contributed by atoms with Crippen LogP contribution in [0.1, 0.15) is 35.0 Å². The van der Waals surface area contributed by atoms with Crippen LogP contribution in [-0.4, -0.2) is 40.8 Å². The van der Waals surface area contributed by atoms with Crippen LogP contribution in [0.3, 0.4) is 0 Å². The molecule has 4 N–H and O–H groups in total. The van der Waals surface area contributed by atoms with Crippen LogP contribution in [0.15, 0.2) is 49.1 Å². The van der Waals surface area contributed by atoms with Gasteiger partial charge in [0.1, 0.15) is 12.2 Å². The molecule has 4 heterocycles. The molecular formula is C14H14N8O. The lowest BCUT2D eigenvalue weighted by atomic mass is 10.1. The van der Waals surface area contributed by atoms with Crippen molar-refractivity contribution in [3.63, 3.8) is 0 Å². The van der Waals surface area contributed by atoms with Crippen molar-refractivity contribution in [1.82, 2.24) is 40.8 Å². The Balaban J connectivity index is 1.71. The first-order valence-corrected chi connectivity index (χ1v) is 7.04. The summed E-state index contributed by atoms with van der Waals surface area (Å²) in [6, 6.07) is 7.45. The molecule has 0 spiro atoms. The molecule has 23 heavy (non-hydrogen) atoms. The van der Waals surface area contributed by atoms with Gasteiger partial charge in [-0.15, -0.1) is 0 Å². The highest BCUT2D eigenvalue weighted by Gasteiger charge is 2.26. The van der Waals surface area contributed by atoms with Crippen molar-refractivity contribution in [2.75, 3.05) is 0 Å². The molecule has 0 aliphatic heterocycles. The van der Waals surface area contributed by atoms with Crippen molar-refractivity contribution in [2.24, 2.45) is 0 Å². The Labute approximate surface area is 130 Å². The Hall–Kier alpha value is -3.20. The summed E-state index contributed by atoms with van der Waals surface area (Å²) in [4.78, 5) is 0. The molecule has 0 aliphatic carbocycles. The molecule has 0 saturated heterocycles. The average molecular weight is 310 g/mol. The standard InChI is InChI=1S/C14H14N8O/c1-5-15-19-9(1)13(10-2-6-16-20-10)23-14(11-3-7-17-21-11)12-4-8-18-22-12/h1-8,13-14H,(H,15,19)(H,16,20)(H,17,21)(H,18,22). The molecule has 4 aromatic rings. The zero-order valence-corrected chi connectivity index (χ0v) is 12.0. The van der Waals surface area contributed by atoms with Crippen LogP contribution in [0, 0.1) is 0 Å². The van der Waals surface area contributed by atoms with Crippen molar-refractivity contribution >= 4 is 0 Å². The highest BCUT2D eigenvalue weighted by molar-refractivity contribution is 5.21. The van der Waals surface area contributed by atoms with Gasteiger partial charge in [-0.3, -0.25) is 20.4 Å². The SMILES string of the molecule is c1cc(C(OC(c2ccn[nH]2)c2ccn[nH]2)c2ccn[nH]2)[nH]n1. The number of nitrogens with one attached hydrogen (secondary N) is 4. The predicted octanol–water partition coefficient (Wildman–Crippen LogP) is 1.47. The summed E-state index contributed by atoms with van der Waals surface area (Å²) in [6.07, 6.45) is 5.95. The number of hydrogen-bond donors (Lipinski definition) is 4. The van der Waals surface area contributed by atoms with Gasteiger partial charge >= 0.3 is 0 Å². The highest BCUT2D eigenvalue weighted by atomic mass is 16.5. The van der Waals surface area contributed by atoms with E-state index >= 15 is 0 Å². The molecule has 116 valence electrons. The van der Waals surface area contributed by atoms with Crippen LogP contribution in [0.4, 0.5) is 0 Å². The highest BCUT2D eigenvalue weighted by Crippen LogP contribution is 2.32. The molecule has 0 unspecified atom stereocenters. The second kappa shape index (κ2) is 5.89. The van der Waals surface area contributed by atoms with E-state index in [4.69, 9.17) is 4.74 Å². The molecule has 0 saturated carbocycles. The van der Waals surface area contributed by atoms with Crippen LogP contribution < -0.4 is 0 Å². The topological polar surface area (TPSA) is 124 Å². The van der Waals surface area contributed by atoms with Crippen molar-refractivity contribution in [1.29, 1.82) is 0 Å². The minimum Gasteiger partial charge on any atom is -0.350 e. The first-order chi connectivity index (χ1) is 11.4. The maximum Gasteiger partial charge on any atom is 0.142 e. The zero-order chi connectivity index (χ0) is 15.5.